The van der Waals surface area contributed by atoms with E-state index in [-0.39, 0.29) is 0 Å². The van der Waals surface area contributed by atoms with Crippen LogP contribution in [0, 0.1) is 16.2 Å². The van der Waals surface area contributed by atoms with Gasteiger partial charge >= 0.3 is 0 Å². The van der Waals surface area contributed by atoms with Gasteiger partial charge in [0.1, 0.15) is 0 Å². The second-order valence-electron chi connectivity index (χ2n) is 6.41. The molecule has 0 amide bonds. The average molecular weight is 178 g/mol. The molecule has 13 heavy (non-hydrogen) atoms. The summed E-state index contributed by atoms with van der Waals surface area (Å²) in [6, 6.07) is 0. The molecule has 0 aliphatic heterocycles. The highest BCUT2D eigenvalue weighted by Crippen LogP contribution is 2.79. The van der Waals surface area contributed by atoms with E-state index >= 15 is 0 Å². The highest BCUT2D eigenvalue weighted by atomic mass is 14.7. The summed E-state index contributed by atoms with van der Waals surface area (Å²) in [5, 5.41) is 0. The summed E-state index contributed by atoms with van der Waals surface area (Å²) >= 11 is 0. The first-order valence-electron chi connectivity index (χ1n) is 6.12. The first kappa shape index (κ1) is 8.32. The van der Waals surface area contributed by atoms with Crippen molar-refractivity contribution >= 4 is 0 Å². The topological polar surface area (TPSA) is 0 Å². The molecular formula is C13H22. The molecule has 3 aliphatic carbocycles. The van der Waals surface area contributed by atoms with Crippen molar-refractivity contribution in [3.63, 3.8) is 0 Å². The van der Waals surface area contributed by atoms with Crippen molar-refractivity contribution in [2.24, 2.45) is 16.2 Å². The van der Waals surface area contributed by atoms with Crippen LogP contribution in [0.1, 0.15) is 65.2 Å². The molecule has 0 aromatic rings. The number of fused-ring (bicyclic) bond motifs is 1. The van der Waals surface area contributed by atoms with Crippen molar-refractivity contribution < 1.29 is 0 Å². The lowest BCUT2D eigenvalue weighted by Crippen LogP contribution is -2.64. The van der Waals surface area contributed by atoms with E-state index in [1.165, 1.54) is 38.5 Å². The van der Waals surface area contributed by atoms with Gasteiger partial charge in [0.15, 0.2) is 0 Å². The van der Waals surface area contributed by atoms with E-state index in [2.05, 4.69) is 13.8 Å². The van der Waals surface area contributed by atoms with Crippen molar-refractivity contribution in [1.29, 1.82) is 0 Å². The second-order valence-corrected chi connectivity index (χ2v) is 6.41. The van der Waals surface area contributed by atoms with E-state index in [1.807, 2.05) is 0 Å². The molecule has 0 N–H and O–H groups in total. The molecule has 3 fully saturated rings. The summed E-state index contributed by atoms with van der Waals surface area (Å²) in [5.41, 5.74) is 2.35. The zero-order chi connectivity index (χ0) is 9.16. The minimum atomic E-state index is 0.748. The maximum absolute atomic E-state index is 2.59. The Morgan fingerprint density at radius 3 is 1.38 bits per heavy atom. The highest BCUT2D eigenvalue weighted by molar-refractivity contribution is 5.19. The van der Waals surface area contributed by atoms with Crippen LogP contribution in [0.5, 0.6) is 0 Å². The second kappa shape index (κ2) is 2.15. The fraction of sp³-hybridized carbons (Fsp3) is 1.00. The Bertz CT molecular complexity index is 224. The summed E-state index contributed by atoms with van der Waals surface area (Å²) in [7, 11) is 0. The molecule has 74 valence electrons. The molecule has 0 heterocycles. The van der Waals surface area contributed by atoms with Crippen molar-refractivity contribution in [2.45, 2.75) is 65.2 Å². The normalized spacial score (nSPS) is 52.2. The Morgan fingerprint density at radius 2 is 1.08 bits per heavy atom. The van der Waals surface area contributed by atoms with Gasteiger partial charge in [-0.05, 0) is 54.8 Å². The lowest BCUT2D eigenvalue weighted by atomic mass is 9.31. The summed E-state index contributed by atoms with van der Waals surface area (Å²) in [6.07, 6.45) is 12.2. The van der Waals surface area contributed by atoms with Gasteiger partial charge in [-0.25, -0.2) is 0 Å². The van der Waals surface area contributed by atoms with E-state index in [0.29, 0.717) is 0 Å². The molecule has 0 aromatic carbocycles. The third-order valence-electron chi connectivity index (χ3n) is 6.22. The van der Waals surface area contributed by atoms with Crippen LogP contribution >= 0.6 is 0 Å². The molecule has 0 heteroatoms. The zero-order valence-electron chi connectivity index (χ0n) is 9.16. The largest absolute Gasteiger partial charge is 0.0591 e. The number of hydrogen-bond acceptors (Lipinski definition) is 0. The fourth-order valence-electron chi connectivity index (χ4n) is 4.92. The van der Waals surface area contributed by atoms with Gasteiger partial charge in [-0.2, -0.15) is 0 Å². The van der Waals surface area contributed by atoms with Gasteiger partial charge in [-0.15, -0.1) is 0 Å². The molecular weight excluding hydrogens is 156 g/mol. The van der Waals surface area contributed by atoms with Gasteiger partial charge in [-0.3, -0.25) is 0 Å². The predicted molar refractivity (Wildman–Crippen MR) is 55.6 cm³/mol. The molecule has 0 saturated heterocycles. The molecule has 0 aromatic heterocycles. The predicted octanol–water partition coefficient (Wildman–Crippen LogP) is 4.15. The van der Waals surface area contributed by atoms with Gasteiger partial charge in [0.2, 0.25) is 0 Å². The van der Waals surface area contributed by atoms with E-state index in [9.17, 15) is 0 Å². The molecule has 3 aliphatic rings. The van der Waals surface area contributed by atoms with Crippen molar-refractivity contribution in [2.75, 3.05) is 0 Å². The van der Waals surface area contributed by atoms with Crippen LogP contribution in [0.4, 0.5) is 0 Å². The van der Waals surface area contributed by atoms with Gasteiger partial charge in [-0.1, -0.05) is 26.7 Å². The van der Waals surface area contributed by atoms with Gasteiger partial charge in [0.25, 0.3) is 0 Å². The van der Waals surface area contributed by atoms with E-state index in [0.717, 1.165) is 16.2 Å². The van der Waals surface area contributed by atoms with Gasteiger partial charge in [0, 0.05) is 0 Å². The fourth-order valence-corrected chi connectivity index (χ4v) is 4.92. The van der Waals surface area contributed by atoms with Crippen LogP contribution in [0.2, 0.25) is 0 Å². The third-order valence-corrected chi connectivity index (χ3v) is 6.22. The van der Waals surface area contributed by atoms with Crippen molar-refractivity contribution in [3.05, 3.63) is 0 Å². The van der Waals surface area contributed by atoms with Crippen LogP contribution in [0.15, 0.2) is 0 Å². The third kappa shape index (κ3) is 0.714. The molecule has 0 atom stereocenters. The van der Waals surface area contributed by atoms with E-state index in [4.69, 9.17) is 0 Å². The molecule has 0 spiro atoms. The summed E-state index contributed by atoms with van der Waals surface area (Å²) < 4.78 is 0. The number of hydrogen-bond donors (Lipinski definition) is 0. The minimum Gasteiger partial charge on any atom is -0.0591 e. The number of rotatable bonds is 1. The van der Waals surface area contributed by atoms with Crippen molar-refractivity contribution in [3.8, 4) is 0 Å². The van der Waals surface area contributed by atoms with Gasteiger partial charge in [0.05, 0.1) is 0 Å². The lowest BCUT2D eigenvalue weighted by Gasteiger charge is -2.73. The first-order chi connectivity index (χ1) is 6.12. The van der Waals surface area contributed by atoms with Crippen molar-refractivity contribution in [1.82, 2.24) is 0 Å². The Labute approximate surface area is 82.1 Å². The van der Waals surface area contributed by atoms with Crippen LogP contribution < -0.4 is 0 Å². The minimum absolute atomic E-state index is 0.748. The van der Waals surface area contributed by atoms with E-state index in [1.54, 1.807) is 12.8 Å². The van der Waals surface area contributed by atoms with Gasteiger partial charge < -0.3 is 0 Å². The molecule has 3 saturated carbocycles. The molecule has 3 rings (SSSR count). The quantitative estimate of drug-likeness (QED) is 0.566. The Balaban J connectivity index is 1.92. The Hall–Kier alpha value is 0. The Morgan fingerprint density at radius 1 is 0.615 bits per heavy atom. The monoisotopic (exact) mass is 178 g/mol. The van der Waals surface area contributed by atoms with Crippen LogP contribution in [-0.2, 0) is 0 Å². The van der Waals surface area contributed by atoms with Crippen LogP contribution in [0.25, 0.3) is 0 Å². The average Bonchev–Trinajstić information content (AvgIpc) is 2.52. The maximum Gasteiger partial charge on any atom is -0.0189 e. The lowest BCUT2D eigenvalue weighted by molar-refractivity contribution is -0.238. The summed E-state index contributed by atoms with van der Waals surface area (Å²) in [6.45, 7) is 5.15. The van der Waals surface area contributed by atoms with E-state index < -0.39 is 0 Å². The zero-order valence-corrected chi connectivity index (χ0v) is 9.16. The smallest absolute Gasteiger partial charge is 0.0189 e. The SMILES string of the molecule is CC1(C23CCC2(C)CC3)CCCC1. The molecule has 0 bridgehead atoms. The van der Waals surface area contributed by atoms with Crippen LogP contribution in [-0.4, -0.2) is 0 Å². The molecule has 0 nitrogen and oxygen atoms in total. The first-order valence-corrected chi connectivity index (χ1v) is 6.12. The Kier molecular flexibility index (Phi) is 1.37. The van der Waals surface area contributed by atoms with Crippen LogP contribution in [0.3, 0.4) is 0 Å². The summed E-state index contributed by atoms with van der Waals surface area (Å²) in [5.74, 6) is 0. The molecule has 0 radical (unpaired) electrons. The summed E-state index contributed by atoms with van der Waals surface area (Å²) in [4.78, 5) is 0. The molecule has 0 unspecified atom stereocenters. The standard InChI is InChI=1S/C13H22/c1-11(5-3-4-6-11)13-9-7-12(13,2)8-10-13/h3-10H2,1-2H3. The highest BCUT2D eigenvalue weighted by Gasteiger charge is 2.69. The maximum atomic E-state index is 2.59.